The van der Waals surface area contributed by atoms with Crippen molar-refractivity contribution in [3.05, 3.63) is 28.8 Å². The number of fused-ring (bicyclic) bond motifs is 1. The highest BCUT2D eigenvalue weighted by Gasteiger charge is 2.31. The van der Waals surface area contributed by atoms with Gasteiger partial charge in [-0.1, -0.05) is 19.9 Å². The van der Waals surface area contributed by atoms with Crippen LogP contribution in [0.3, 0.4) is 0 Å². The third-order valence-corrected chi connectivity index (χ3v) is 3.41. The first-order valence-electron chi connectivity index (χ1n) is 6.64. The second-order valence-electron chi connectivity index (χ2n) is 5.60. The molecule has 1 amide bonds. The normalized spacial score (nSPS) is 18.1. The zero-order chi connectivity index (χ0) is 13.3. The van der Waals surface area contributed by atoms with Crippen LogP contribution in [-0.2, 0) is 4.79 Å². The number of nitrogens with one attached hydrogen (secondary N) is 2. The molecule has 1 unspecified atom stereocenters. The molecule has 1 heterocycles. The first-order chi connectivity index (χ1) is 8.49. The molecule has 2 rings (SSSR count). The lowest BCUT2D eigenvalue weighted by atomic mass is 9.99. The van der Waals surface area contributed by atoms with Gasteiger partial charge in [-0.25, -0.2) is 0 Å². The molecular weight excluding hydrogens is 224 g/mol. The third kappa shape index (κ3) is 2.56. The maximum absolute atomic E-state index is 12.0. The maximum Gasteiger partial charge on any atom is 0.246 e. The minimum absolute atomic E-state index is 0.0717. The SMILES string of the molecule is Cc1cc(C)c2c(c1)NC(=O)C2NCCC(C)C. The van der Waals surface area contributed by atoms with E-state index in [0.29, 0.717) is 5.92 Å². The second-order valence-corrected chi connectivity index (χ2v) is 5.60. The van der Waals surface area contributed by atoms with Gasteiger partial charge in [-0.3, -0.25) is 4.79 Å². The van der Waals surface area contributed by atoms with Crippen molar-refractivity contribution in [1.29, 1.82) is 0 Å². The van der Waals surface area contributed by atoms with Crippen molar-refractivity contribution in [2.45, 2.75) is 40.2 Å². The number of carbonyl (C=O) groups excluding carboxylic acids is 1. The van der Waals surface area contributed by atoms with Crippen molar-refractivity contribution in [2.24, 2.45) is 5.92 Å². The summed E-state index contributed by atoms with van der Waals surface area (Å²) in [6.07, 6.45) is 1.09. The molecule has 3 heteroatoms. The molecular formula is C15H22N2O. The van der Waals surface area contributed by atoms with Crippen LogP contribution in [0.1, 0.15) is 43.0 Å². The van der Waals surface area contributed by atoms with Crippen LogP contribution >= 0.6 is 0 Å². The Hall–Kier alpha value is -1.35. The van der Waals surface area contributed by atoms with Crippen molar-refractivity contribution in [3.63, 3.8) is 0 Å². The maximum atomic E-state index is 12.0. The zero-order valence-corrected chi connectivity index (χ0v) is 11.6. The van der Waals surface area contributed by atoms with E-state index < -0.39 is 0 Å². The Morgan fingerprint density at radius 3 is 2.72 bits per heavy atom. The number of hydrogen-bond acceptors (Lipinski definition) is 2. The molecule has 1 atom stereocenters. The van der Waals surface area contributed by atoms with Gasteiger partial charge in [0.25, 0.3) is 0 Å². The van der Waals surface area contributed by atoms with E-state index in [1.165, 1.54) is 11.1 Å². The van der Waals surface area contributed by atoms with Crippen LogP contribution in [0, 0.1) is 19.8 Å². The van der Waals surface area contributed by atoms with E-state index in [4.69, 9.17) is 0 Å². The fourth-order valence-corrected chi connectivity index (χ4v) is 2.51. The largest absolute Gasteiger partial charge is 0.324 e. The van der Waals surface area contributed by atoms with Crippen molar-refractivity contribution in [3.8, 4) is 0 Å². The summed E-state index contributed by atoms with van der Waals surface area (Å²) in [5.41, 5.74) is 4.47. The predicted octanol–water partition coefficient (Wildman–Crippen LogP) is 2.93. The minimum Gasteiger partial charge on any atom is -0.324 e. The molecule has 0 radical (unpaired) electrons. The Balaban J connectivity index is 2.17. The summed E-state index contributed by atoms with van der Waals surface area (Å²) in [7, 11) is 0. The average molecular weight is 246 g/mol. The van der Waals surface area contributed by atoms with Gasteiger partial charge in [-0.2, -0.15) is 0 Å². The van der Waals surface area contributed by atoms with E-state index in [0.717, 1.165) is 24.2 Å². The van der Waals surface area contributed by atoms with Crippen molar-refractivity contribution < 1.29 is 4.79 Å². The molecule has 0 bridgehead atoms. The van der Waals surface area contributed by atoms with Gasteiger partial charge in [0, 0.05) is 11.3 Å². The number of amides is 1. The van der Waals surface area contributed by atoms with Crippen molar-refractivity contribution in [2.75, 3.05) is 11.9 Å². The van der Waals surface area contributed by atoms with Gasteiger partial charge in [0.2, 0.25) is 5.91 Å². The number of hydrogen-bond donors (Lipinski definition) is 2. The number of benzene rings is 1. The second kappa shape index (κ2) is 5.11. The van der Waals surface area contributed by atoms with Gasteiger partial charge < -0.3 is 10.6 Å². The average Bonchev–Trinajstić information content (AvgIpc) is 2.54. The summed E-state index contributed by atoms with van der Waals surface area (Å²) in [5.74, 6) is 0.725. The summed E-state index contributed by atoms with van der Waals surface area (Å²) < 4.78 is 0. The van der Waals surface area contributed by atoms with E-state index in [2.05, 4.69) is 44.4 Å². The number of aryl methyl sites for hydroxylation is 2. The lowest BCUT2D eigenvalue weighted by molar-refractivity contribution is -0.117. The fraction of sp³-hybridized carbons (Fsp3) is 0.533. The summed E-state index contributed by atoms with van der Waals surface area (Å²) in [5, 5.41) is 6.33. The Bertz CT molecular complexity index is 466. The highest BCUT2D eigenvalue weighted by molar-refractivity contribution is 6.03. The molecule has 1 aromatic carbocycles. The molecule has 2 N–H and O–H groups in total. The number of rotatable bonds is 4. The topological polar surface area (TPSA) is 41.1 Å². The van der Waals surface area contributed by atoms with Gasteiger partial charge >= 0.3 is 0 Å². The molecule has 18 heavy (non-hydrogen) atoms. The monoisotopic (exact) mass is 246 g/mol. The lowest BCUT2D eigenvalue weighted by Crippen LogP contribution is -2.29. The highest BCUT2D eigenvalue weighted by atomic mass is 16.2. The molecule has 0 fully saturated rings. The van der Waals surface area contributed by atoms with Gasteiger partial charge in [-0.05, 0) is 49.9 Å². The fourth-order valence-electron chi connectivity index (χ4n) is 2.51. The number of carbonyl (C=O) groups is 1. The quantitative estimate of drug-likeness (QED) is 0.857. The Morgan fingerprint density at radius 1 is 1.33 bits per heavy atom. The predicted molar refractivity (Wildman–Crippen MR) is 74.7 cm³/mol. The molecule has 0 aliphatic carbocycles. The third-order valence-electron chi connectivity index (χ3n) is 3.41. The van der Waals surface area contributed by atoms with Gasteiger partial charge in [-0.15, -0.1) is 0 Å². The molecule has 1 aliphatic heterocycles. The molecule has 0 saturated carbocycles. The Morgan fingerprint density at radius 2 is 2.06 bits per heavy atom. The lowest BCUT2D eigenvalue weighted by Gasteiger charge is -2.14. The van der Waals surface area contributed by atoms with E-state index in [9.17, 15) is 4.79 Å². The molecule has 0 spiro atoms. The van der Waals surface area contributed by atoms with Gasteiger partial charge in [0.05, 0.1) is 0 Å². The zero-order valence-electron chi connectivity index (χ0n) is 11.6. The Labute approximate surface area is 109 Å². The first kappa shape index (κ1) is 13.1. The molecule has 3 nitrogen and oxygen atoms in total. The van der Waals surface area contributed by atoms with E-state index in [1.807, 2.05) is 6.07 Å². The molecule has 1 aliphatic rings. The van der Waals surface area contributed by atoms with E-state index in [-0.39, 0.29) is 11.9 Å². The van der Waals surface area contributed by atoms with Crippen LogP contribution in [0.5, 0.6) is 0 Å². The molecule has 98 valence electrons. The van der Waals surface area contributed by atoms with Crippen LogP contribution < -0.4 is 10.6 Å². The Kier molecular flexibility index (Phi) is 3.71. The summed E-state index contributed by atoms with van der Waals surface area (Å²) in [6, 6.07) is 4.00. The van der Waals surface area contributed by atoms with Crippen molar-refractivity contribution >= 4 is 11.6 Å². The molecule has 0 saturated heterocycles. The standard InChI is InChI=1S/C15H22N2O/c1-9(2)5-6-16-14-13-11(4)7-10(3)8-12(13)17-15(14)18/h7-9,14,16H,5-6H2,1-4H3,(H,17,18). The van der Waals surface area contributed by atoms with Crippen LogP contribution in [0.15, 0.2) is 12.1 Å². The molecule has 0 aromatic heterocycles. The minimum atomic E-state index is -0.181. The van der Waals surface area contributed by atoms with Crippen LogP contribution in [-0.4, -0.2) is 12.5 Å². The summed E-state index contributed by atoms with van der Waals surface area (Å²) in [6.45, 7) is 9.39. The molecule has 1 aromatic rings. The smallest absolute Gasteiger partial charge is 0.246 e. The number of anilines is 1. The summed E-state index contributed by atoms with van der Waals surface area (Å²) in [4.78, 5) is 12.0. The van der Waals surface area contributed by atoms with E-state index >= 15 is 0 Å². The van der Waals surface area contributed by atoms with Crippen molar-refractivity contribution in [1.82, 2.24) is 5.32 Å². The van der Waals surface area contributed by atoms with Crippen LogP contribution in [0.2, 0.25) is 0 Å². The van der Waals surface area contributed by atoms with Crippen LogP contribution in [0.25, 0.3) is 0 Å². The summed E-state index contributed by atoms with van der Waals surface area (Å²) >= 11 is 0. The van der Waals surface area contributed by atoms with Crippen LogP contribution in [0.4, 0.5) is 5.69 Å². The van der Waals surface area contributed by atoms with Gasteiger partial charge in [0.1, 0.15) is 6.04 Å². The van der Waals surface area contributed by atoms with Gasteiger partial charge in [0.15, 0.2) is 0 Å². The first-order valence-corrected chi connectivity index (χ1v) is 6.64. The highest BCUT2D eigenvalue weighted by Crippen LogP contribution is 2.34. The van der Waals surface area contributed by atoms with E-state index in [1.54, 1.807) is 0 Å².